The van der Waals surface area contributed by atoms with Gasteiger partial charge in [0.15, 0.2) is 0 Å². The van der Waals surface area contributed by atoms with Crippen LogP contribution in [-0.4, -0.2) is 13.2 Å². The molecule has 1 aromatic carbocycles. The molecular weight excluding hydrogens is 226 g/mol. The molecule has 0 bridgehead atoms. The van der Waals surface area contributed by atoms with Crippen LogP contribution in [0.4, 0.5) is 5.69 Å². The fourth-order valence-electron chi connectivity index (χ4n) is 2.33. The predicted octanol–water partition coefficient (Wildman–Crippen LogP) is 3.63. The first-order valence-corrected chi connectivity index (χ1v) is 6.94. The Kier molecular flexibility index (Phi) is 4.73. The molecule has 0 atom stereocenters. The van der Waals surface area contributed by atoms with Crippen molar-refractivity contribution in [3.63, 3.8) is 0 Å². The molecule has 1 aromatic rings. The van der Waals surface area contributed by atoms with Crippen LogP contribution in [0.3, 0.4) is 0 Å². The number of hydrogen-bond donors (Lipinski definition) is 1. The lowest BCUT2D eigenvalue weighted by atomic mass is 10.1. The van der Waals surface area contributed by atoms with Crippen molar-refractivity contribution < 1.29 is 9.47 Å². The Morgan fingerprint density at radius 3 is 2.72 bits per heavy atom. The van der Waals surface area contributed by atoms with Gasteiger partial charge in [-0.05, 0) is 37.3 Å². The first-order chi connectivity index (χ1) is 8.79. The maximum absolute atomic E-state index is 5.87. The van der Waals surface area contributed by atoms with Crippen molar-refractivity contribution in [1.82, 2.24) is 0 Å². The van der Waals surface area contributed by atoms with E-state index in [0.717, 1.165) is 30.4 Å². The number of anilines is 1. The molecule has 1 saturated carbocycles. The summed E-state index contributed by atoms with van der Waals surface area (Å²) < 4.78 is 11.4. The number of nitrogens with two attached hydrogens (primary N) is 1. The fraction of sp³-hybridized carbons (Fsp3) is 0.600. The molecule has 3 nitrogen and oxygen atoms in total. The molecule has 0 amide bonds. The standard InChI is InChI=1S/C15H23NO2/c1-2-9-17-15-10-13(7-8-14(15)16)18-11-12-5-3-4-6-12/h7-8,10,12H,2-6,9,11,16H2,1H3. The van der Waals surface area contributed by atoms with Crippen molar-refractivity contribution in [3.8, 4) is 11.5 Å². The average Bonchev–Trinajstić information content (AvgIpc) is 2.89. The summed E-state index contributed by atoms with van der Waals surface area (Å²) in [7, 11) is 0. The van der Waals surface area contributed by atoms with Crippen LogP contribution in [0.2, 0.25) is 0 Å². The van der Waals surface area contributed by atoms with E-state index in [9.17, 15) is 0 Å². The molecule has 1 aliphatic rings. The van der Waals surface area contributed by atoms with Crippen LogP contribution < -0.4 is 15.2 Å². The van der Waals surface area contributed by atoms with E-state index in [1.165, 1.54) is 25.7 Å². The molecule has 0 aromatic heterocycles. The zero-order chi connectivity index (χ0) is 12.8. The van der Waals surface area contributed by atoms with Gasteiger partial charge in [-0.25, -0.2) is 0 Å². The number of rotatable bonds is 6. The Bertz CT molecular complexity index is 373. The second-order valence-corrected chi connectivity index (χ2v) is 5.01. The lowest BCUT2D eigenvalue weighted by Crippen LogP contribution is -2.08. The highest BCUT2D eigenvalue weighted by Gasteiger charge is 2.15. The average molecular weight is 249 g/mol. The largest absolute Gasteiger partial charge is 0.493 e. The van der Waals surface area contributed by atoms with E-state index in [2.05, 4.69) is 6.92 Å². The van der Waals surface area contributed by atoms with Gasteiger partial charge in [0.2, 0.25) is 0 Å². The molecule has 2 N–H and O–H groups in total. The van der Waals surface area contributed by atoms with Gasteiger partial charge in [0, 0.05) is 6.07 Å². The molecule has 2 rings (SSSR count). The number of hydrogen-bond acceptors (Lipinski definition) is 3. The maximum Gasteiger partial charge on any atom is 0.145 e. The monoisotopic (exact) mass is 249 g/mol. The number of benzene rings is 1. The van der Waals surface area contributed by atoms with Crippen molar-refractivity contribution in [2.75, 3.05) is 18.9 Å². The van der Waals surface area contributed by atoms with Gasteiger partial charge in [-0.3, -0.25) is 0 Å². The normalized spacial score (nSPS) is 15.8. The van der Waals surface area contributed by atoms with Crippen LogP contribution in [0.25, 0.3) is 0 Å². The van der Waals surface area contributed by atoms with Gasteiger partial charge in [-0.15, -0.1) is 0 Å². The van der Waals surface area contributed by atoms with Gasteiger partial charge in [0.25, 0.3) is 0 Å². The highest BCUT2D eigenvalue weighted by molar-refractivity contribution is 5.55. The Morgan fingerprint density at radius 2 is 2.00 bits per heavy atom. The quantitative estimate of drug-likeness (QED) is 0.783. The molecule has 3 heteroatoms. The summed E-state index contributed by atoms with van der Waals surface area (Å²) in [5, 5.41) is 0. The Labute approximate surface area is 109 Å². The Hall–Kier alpha value is -1.38. The molecule has 0 aliphatic heterocycles. The van der Waals surface area contributed by atoms with Gasteiger partial charge >= 0.3 is 0 Å². The zero-order valence-electron chi connectivity index (χ0n) is 11.2. The molecular formula is C15H23NO2. The third kappa shape index (κ3) is 3.56. The van der Waals surface area contributed by atoms with E-state index in [1.807, 2.05) is 18.2 Å². The minimum Gasteiger partial charge on any atom is -0.493 e. The SMILES string of the molecule is CCCOc1cc(OCC2CCCC2)ccc1N. The minimum absolute atomic E-state index is 0.677. The third-order valence-electron chi connectivity index (χ3n) is 3.41. The summed E-state index contributed by atoms with van der Waals surface area (Å²) in [6.07, 6.45) is 6.27. The zero-order valence-corrected chi connectivity index (χ0v) is 11.2. The third-order valence-corrected chi connectivity index (χ3v) is 3.41. The lowest BCUT2D eigenvalue weighted by molar-refractivity contribution is 0.250. The second kappa shape index (κ2) is 6.53. The first-order valence-electron chi connectivity index (χ1n) is 6.94. The second-order valence-electron chi connectivity index (χ2n) is 5.01. The van der Waals surface area contributed by atoms with Crippen molar-refractivity contribution in [2.45, 2.75) is 39.0 Å². The maximum atomic E-state index is 5.87. The van der Waals surface area contributed by atoms with Gasteiger partial charge in [0.05, 0.1) is 18.9 Å². The summed E-state index contributed by atoms with van der Waals surface area (Å²) in [4.78, 5) is 0. The molecule has 0 saturated heterocycles. The Balaban J connectivity index is 1.91. The molecule has 100 valence electrons. The fourth-order valence-corrected chi connectivity index (χ4v) is 2.33. The summed E-state index contributed by atoms with van der Waals surface area (Å²) in [5.74, 6) is 2.32. The van der Waals surface area contributed by atoms with E-state index < -0.39 is 0 Å². The predicted molar refractivity (Wildman–Crippen MR) is 74.1 cm³/mol. The van der Waals surface area contributed by atoms with E-state index in [-0.39, 0.29) is 0 Å². The lowest BCUT2D eigenvalue weighted by Gasteiger charge is -2.13. The van der Waals surface area contributed by atoms with Crippen molar-refractivity contribution in [3.05, 3.63) is 18.2 Å². The topological polar surface area (TPSA) is 44.5 Å². The number of nitrogen functional groups attached to an aromatic ring is 1. The van der Waals surface area contributed by atoms with Gasteiger partial charge in [-0.1, -0.05) is 19.8 Å². The smallest absolute Gasteiger partial charge is 0.145 e. The molecule has 0 unspecified atom stereocenters. The van der Waals surface area contributed by atoms with Gasteiger partial charge < -0.3 is 15.2 Å². The van der Waals surface area contributed by atoms with Crippen LogP contribution in [0.5, 0.6) is 11.5 Å². The summed E-state index contributed by atoms with van der Waals surface area (Å²) in [6, 6.07) is 5.68. The van der Waals surface area contributed by atoms with Crippen molar-refractivity contribution in [1.29, 1.82) is 0 Å². The highest BCUT2D eigenvalue weighted by Crippen LogP contribution is 2.29. The van der Waals surface area contributed by atoms with Crippen LogP contribution in [0.15, 0.2) is 18.2 Å². The molecule has 18 heavy (non-hydrogen) atoms. The van der Waals surface area contributed by atoms with Crippen LogP contribution >= 0.6 is 0 Å². The number of ether oxygens (including phenoxy) is 2. The minimum atomic E-state index is 0.677. The highest BCUT2D eigenvalue weighted by atomic mass is 16.5. The van der Waals surface area contributed by atoms with Gasteiger partial charge in [-0.2, -0.15) is 0 Å². The summed E-state index contributed by atoms with van der Waals surface area (Å²) >= 11 is 0. The first kappa shape index (κ1) is 13.1. The van der Waals surface area contributed by atoms with E-state index in [1.54, 1.807) is 0 Å². The van der Waals surface area contributed by atoms with Crippen LogP contribution in [-0.2, 0) is 0 Å². The van der Waals surface area contributed by atoms with E-state index >= 15 is 0 Å². The van der Waals surface area contributed by atoms with E-state index in [4.69, 9.17) is 15.2 Å². The molecule has 0 heterocycles. The van der Waals surface area contributed by atoms with Crippen molar-refractivity contribution in [2.24, 2.45) is 5.92 Å². The van der Waals surface area contributed by atoms with Crippen LogP contribution in [0, 0.1) is 5.92 Å². The van der Waals surface area contributed by atoms with Crippen LogP contribution in [0.1, 0.15) is 39.0 Å². The molecule has 1 fully saturated rings. The summed E-state index contributed by atoms with van der Waals surface area (Å²) in [5.41, 5.74) is 6.55. The van der Waals surface area contributed by atoms with Gasteiger partial charge in [0.1, 0.15) is 11.5 Å². The Morgan fingerprint density at radius 1 is 1.22 bits per heavy atom. The molecule has 0 radical (unpaired) electrons. The van der Waals surface area contributed by atoms with E-state index in [0.29, 0.717) is 12.3 Å². The van der Waals surface area contributed by atoms with Crippen molar-refractivity contribution >= 4 is 5.69 Å². The summed E-state index contributed by atoms with van der Waals surface area (Å²) in [6.45, 7) is 3.59. The molecule has 1 aliphatic carbocycles. The molecule has 0 spiro atoms.